The molecule has 1 aromatic heterocycles. The number of rotatable bonds is 19. The largest absolute Gasteiger partial charge is 0.488 e. The molecule has 1 aromatic carbocycles. The van der Waals surface area contributed by atoms with Crippen molar-refractivity contribution in [2.75, 3.05) is 13.7 Å². The number of ether oxygens (including phenoxy) is 2. The summed E-state index contributed by atoms with van der Waals surface area (Å²) in [5, 5.41) is 2.93. The minimum Gasteiger partial charge on any atom is -0.488 e. The minimum atomic E-state index is -0.984. The van der Waals surface area contributed by atoms with Gasteiger partial charge in [-0.2, -0.15) is 0 Å². The lowest BCUT2D eigenvalue weighted by Crippen LogP contribution is -2.51. The highest BCUT2D eigenvalue weighted by molar-refractivity contribution is 6.38. The van der Waals surface area contributed by atoms with Crippen molar-refractivity contribution in [1.29, 1.82) is 0 Å². The van der Waals surface area contributed by atoms with Gasteiger partial charge in [0.25, 0.3) is 5.91 Å². The Morgan fingerprint density at radius 1 is 0.965 bits per heavy atom. The van der Waals surface area contributed by atoms with Crippen LogP contribution in [0.4, 0.5) is 0 Å². The van der Waals surface area contributed by atoms with E-state index in [0.29, 0.717) is 18.6 Å². The normalized spacial score (nSPS) is 20.2. The molecule has 2 heterocycles. The number of likely N-dealkylation sites (tertiary alicyclic amines) is 1. The summed E-state index contributed by atoms with van der Waals surface area (Å²) in [6, 6.07) is 4.61. The zero-order chi connectivity index (χ0) is 41.3. The summed E-state index contributed by atoms with van der Waals surface area (Å²) < 4.78 is 11.2. The van der Waals surface area contributed by atoms with Crippen molar-refractivity contribution in [3.05, 3.63) is 54.1 Å². The molecule has 0 unspecified atom stereocenters. The summed E-state index contributed by atoms with van der Waals surface area (Å²) in [5.74, 6) is -4.27. The summed E-state index contributed by atoms with van der Waals surface area (Å²) in [7, 11) is 1.28. The fourth-order valence-corrected chi connectivity index (χ4v) is 8.26. The van der Waals surface area contributed by atoms with Crippen LogP contribution in [0.2, 0.25) is 0 Å². The number of amides is 2. The van der Waals surface area contributed by atoms with Crippen LogP contribution in [0.1, 0.15) is 132 Å². The van der Waals surface area contributed by atoms with Gasteiger partial charge in [-0.3, -0.25) is 33.8 Å². The number of carbonyl (C=O) groups excluding carboxylic acids is 7. The molecular formula is C44H58N4O9. The third-order valence-corrected chi connectivity index (χ3v) is 11.7. The van der Waals surface area contributed by atoms with Crippen molar-refractivity contribution >= 4 is 40.9 Å². The van der Waals surface area contributed by atoms with Crippen LogP contribution in [0.3, 0.4) is 0 Å². The Bertz CT molecular complexity index is 1780. The van der Waals surface area contributed by atoms with Gasteiger partial charge < -0.3 is 19.7 Å². The number of Topliss-reactive ketones (excluding diaryl/α,β-unsaturated/α-hetero) is 4. The second kappa shape index (κ2) is 19.6. The number of nitrogens with zero attached hydrogens (tertiary/aromatic N) is 3. The van der Waals surface area contributed by atoms with E-state index in [4.69, 9.17) is 9.47 Å². The fraction of sp³-hybridized carbons (Fsp3) is 0.614. The van der Waals surface area contributed by atoms with Gasteiger partial charge >= 0.3 is 5.97 Å². The summed E-state index contributed by atoms with van der Waals surface area (Å²) in [6.45, 7) is 7.53. The SMILES string of the molecule is CCC[C@H](CC(=O)[C@@H]1C[C@@H](Oc2cccc(C(=O)OC)c2)CN1C(=O)[C@@H](CC(=O)[C@@H](NC(=O)c1cnccn1)C1CCCCC1)C(C)(C)C)C(=O)C(=O)CC1CC1. The molecule has 1 N–H and O–H groups in total. The van der Waals surface area contributed by atoms with E-state index < -0.39 is 64.8 Å². The van der Waals surface area contributed by atoms with Crippen molar-refractivity contribution in [2.24, 2.45) is 29.1 Å². The van der Waals surface area contributed by atoms with Gasteiger partial charge in [0.05, 0.1) is 37.5 Å². The van der Waals surface area contributed by atoms with E-state index in [0.717, 1.165) is 44.9 Å². The molecule has 13 heteroatoms. The first kappa shape index (κ1) is 43.3. The standard InChI is InChI=1S/C44H58N4O9/c1-6-11-29(40(52)38(51)20-27-16-17-27)22-36(49)35-23-32(57-31-15-10-14-30(21-31)43(55)56-5)26-48(35)42(54)33(44(2,3)4)24-37(50)39(28-12-8-7-9-13-28)47-41(53)34-25-45-18-19-46-34/h10,14-15,18-19,21,25,27-29,32-33,35,39H,6-9,11-13,16-17,20,22-24,26H2,1-5H3,(H,47,53)/t29-,32-,33-,35+,39+/m1/s1. The van der Waals surface area contributed by atoms with E-state index in [9.17, 15) is 33.6 Å². The van der Waals surface area contributed by atoms with Crippen molar-refractivity contribution in [3.8, 4) is 5.75 Å². The number of carbonyl (C=O) groups is 7. The molecule has 13 nitrogen and oxygen atoms in total. The molecule has 5 rings (SSSR count). The molecule has 0 radical (unpaired) electrons. The Labute approximate surface area is 335 Å². The van der Waals surface area contributed by atoms with Crippen LogP contribution in [0, 0.1) is 29.1 Å². The smallest absolute Gasteiger partial charge is 0.337 e. The third kappa shape index (κ3) is 11.6. The highest BCUT2D eigenvalue weighted by Gasteiger charge is 2.47. The highest BCUT2D eigenvalue weighted by atomic mass is 16.5. The summed E-state index contributed by atoms with van der Waals surface area (Å²) in [4.78, 5) is 105. The third-order valence-electron chi connectivity index (χ3n) is 11.7. The number of benzene rings is 1. The molecule has 1 aliphatic heterocycles. The lowest BCUT2D eigenvalue weighted by Gasteiger charge is -2.36. The molecule has 57 heavy (non-hydrogen) atoms. The zero-order valence-corrected chi connectivity index (χ0v) is 34.0. The number of ketones is 4. The first-order valence-electron chi connectivity index (χ1n) is 20.5. The Balaban J connectivity index is 1.41. The first-order valence-corrected chi connectivity index (χ1v) is 20.5. The van der Waals surface area contributed by atoms with Crippen LogP contribution in [0.25, 0.3) is 0 Å². The van der Waals surface area contributed by atoms with Gasteiger partial charge in [-0.25, -0.2) is 9.78 Å². The Kier molecular flexibility index (Phi) is 14.9. The lowest BCUT2D eigenvalue weighted by molar-refractivity contribution is -0.147. The summed E-state index contributed by atoms with van der Waals surface area (Å²) >= 11 is 0. The van der Waals surface area contributed by atoms with Crippen LogP contribution in [-0.2, 0) is 28.7 Å². The minimum absolute atomic E-state index is 0.0148. The van der Waals surface area contributed by atoms with Crippen LogP contribution >= 0.6 is 0 Å². The zero-order valence-electron chi connectivity index (χ0n) is 34.0. The molecule has 5 atom stereocenters. The average molecular weight is 787 g/mol. The number of hydrogen-bond donors (Lipinski definition) is 1. The Hall–Kier alpha value is -4.81. The predicted octanol–water partition coefficient (Wildman–Crippen LogP) is 5.93. The number of aromatic nitrogens is 2. The van der Waals surface area contributed by atoms with Gasteiger partial charge in [0.15, 0.2) is 17.3 Å². The van der Waals surface area contributed by atoms with Gasteiger partial charge in [-0.1, -0.05) is 59.4 Å². The molecule has 2 amide bonds. The summed E-state index contributed by atoms with van der Waals surface area (Å²) in [5.41, 5.74) is -0.378. The van der Waals surface area contributed by atoms with E-state index in [2.05, 4.69) is 15.3 Å². The van der Waals surface area contributed by atoms with E-state index >= 15 is 0 Å². The molecule has 1 saturated heterocycles. The second-order valence-corrected chi connectivity index (χ2v) is 17.1. The molecule has 2 saturated carbocycles. The van der Waals surface area contributed by atoms with E-state index in [-0.39, 0.29) is 66.9 Å². The Morgan fingerprint density at radius 3 is 2.33 bits per heavy atom. The maximum Gasteiger partial charge on any atom is 0.337 e. The summed E-state index contributed by atoms with van der Waals surface area (Å²) in [6.07, 6.45) is 10.7. The van der Waals surface area contributed by atoms with Crippen LogP contribution in [0.15, 0.2) is 42.9 Å². The van der Waals surface area contributed by atoms with Gasteiger partial charge in [0, 0.05) is 49.9 Å². The highest BCUT2D eigenvalue weighted by Crippen LogP contribution is 2.37. The fourth-order valence-electron chi connectivity index (χ4n) is 8.26. The molecule has 2 aliphatic carbocycles. The quantitative estimate of drug-likeness (QED) is 0.132. The van der Waals surface area contributed by atoms with Crippen molar-refractivity contribution in [1.82, 2.24) is 20.2 Å². The van der Waals surface area contributed by atoms with Crippen molar-refractivity contribution in [2.45, 2.75) is 129 Å². The molecule has 3 aliphatic rings. The van der Waals surface area contributed by atoms with Gasteiger partial charge in [0.2, 0.25) is 11.7 Å². The number of nitrogens with one attached hydrogen (secondary N) is 1. The van der Waals surface area contributed by atoms with Crippen molar-refractivity contribution < 1.29 is 43.0 Å². The van der Waals surface area contributed by atoms with Gasteiger partial charge in [-0.05, 0) is 67.6 Å². The van der Waals surface area contributed by atoms with Gasteiger partial charge in [-0.15, -0.1) is 0 Å². The topological polar surface area (TPSA) is 179 Å². The van der Waals surface area contributed by atoms with E-state index in [1.54, 1.807) is 18.2 Å². The first-order chi connectivity index (χ1) is 27.2. The van der Waals surface area contributed by atoms with Crippen LogP contribution < -0.4 is 10.1 Å². The number of methoxy groups -OCH3 is 1. The lowest BCUT2D eigenvalue weighted by atomic mass is 9.74. The molecule has 2 aromatic rings. The molecular weight excluding hydrogens is 729 g/mol. The molecule has 308 valence electrons. The average Bonchev–Trinajstić information content (AvgIpc) is 3.93. The number of esters is 1. The number of hydrogen-bond acceptors (Lipinski definition) is 11. The molecule has 0 spiro atoms. The molecule has 0 bridgehead atoms. The Morgan fingerprint density at radius 2 is 1.70 bits per heavy atom. The molecule has 3 fully saturated rings. The predicted molar refractivity (Wildman–Crippen MR) is 210 cm³/mol. The van der Waals surface area contributed by atoms with E-state index in [1.807, 2.05) is 27.7 Å². The van der Waals surface area contributed by atoms with E-state index in [1.165, 1.54) is 36.7 Å². The maximum atomic E-state index is 14.9. The monoisotopic (exact) mass is 786 g/mol. The van der Waals surface area contributed by atoms with Crippen LogP contribution in [-0.4, -0.2) is 87.6 Å². The maximum absolute atomic E-state index is 14.9. The van der Waals surface area contributed by atoms with Crippen molar-refractivity contribution in [3.63, 3.8) is 0 Å². The van der Waals surface area contributed by atoms with Gasteiger partial charge in [0.1, 0.15) is 17.5 Å². The second-order valence-electron chi connectivity index (χ2n) is 17.1. The van der Waals surface area contributed by atoms with Crippen LogP contribution in [0.5, 0.6) is 5.75 Å².